The van der Waals surface area contributed by atoms with Crippen molar-refractivity contribution >= 4 is 15.9 Å². The summed E-state index contributed by atoms with van der Waals surface area (Å²) in [4.78, 5) is 2.43. The third-order valence-corrected chi connectivity index (χ3v) is 5.21. The highest BCUT2D eigenvalue weighted by Crippen LogP contribution is 2.19. The van der Waals surface area contributed by atoms with E-state index < -0.39 is 0 Å². The molecule has 1 fully saturated rings. The lowest BCUT2D eigenvalue weighted by atomic mass is 9.95. The van der Waals surface area contributed by atoms with E-state index >= 15 is 0 Å². The summed E-state index contributed by atoms with van der Waals surface area (Å²) in [6.07, 6.45) is 6.95. The van der Waals surface area contributed by atoms with Crippen molar-refractivity contribution in [2.24, 2.45) is 0 Å². The molecular weight excluding hydrogens is 312 g/mol. The van der Waals surface area contributed by atoms with Crippen LogP contribution < -0.4 is 5.32 Å². The Kier molecular flexibility index (Phi) is 6.53. The smallest absolute Gasteiger partial charge is 0.0245 e. The van der Waals surface area contributed by atoms with Crippen molar-refractivity contribution in [3.05, 3.63) is 34.3 Å². The van der Waals surface area contributed by atoms with Crippen LogP contribution in [0.2, 0.25) is 0 Å². The zero-order valence-corrected chi connectivity index (χ0v) is 14.3. The molecule has 1 unspecified atom stereocenters. The Morgan fingerprint density at radius 1 is 1.25 bits per heavy atom. The molecular formula is C17H27BrN2. The quantitative estimate of drug-likeness (QED) is 0.836. The third kappa shape index (κ3) is 4.87. The van der Waals surface area contributed by atoms with Crippen LogP contribution in [-0.4, -0.2) is 30.6 Å². The first kappa shape index (κ1) is 16.0. The van der Waals surface area contributed by atoms with Gasteiger partial charge in [0.05, 0.1) is 0 Å². The molecule has 1 atom stereocenters. The van der Waals surface area contributed by atoms with Gasteiger partial charge in [-0.25, -0.2) is 0 Å². The monoisotopic (exact) mass is 338 g/mol. The van der Waals surface area contributed by atoms with Gasteiger partial charge < -0.3 is 5.32 Å². The molecule has 2 nitrogen and oxygen atoms in total. The number of hydrogen-bond donors (Lipinski definition) is 1. The molecule has 112 valence electrons. The summed E-state index contributed by atoms with van der Waals surface area (Å²) in [5, 5.41) is 3.75. The van der Waals surface area contributed by atoms with Gasteiger partial charge in [0.1, 0.15) is 0 Å². The minimum Gasteiger partial charge on any atom is -0.312 e. The Morgan fingerprint density at radius 2 is 1.95 bits per heavy atom. The van der Waals surface area contributed by atoms with Crippen molar-refractivity contribution in [2.75, 3.05) is 13.6 Å². The normalized spacial score (nSPS) is 18.4. The molecule has 0 aromatic heterocycles. The van der Waals surface area contributed by atoms with Crippen molar-refractivity contribution in [3.8, 4) is 0 Å². The molecule has 0 amide bonds. The highest BCUT2D eigenvalue weighted by atomic mass is 79.9. The fourth-order valence-corrected chi connectivity index (χ4v) is 3.26. The van der Waals surface area contributed by atoms with Gasteiger partial charge in [0.2, 0.25) is 0 Å². The molecule has 2 rings (SSSR count). The van der Waals surface area contributed by atoms with E-state index in [1.54, 1.807) is 0 Å². The lowest BCUT2D eigenvalue weighted by Gasteiger charge is -2.29. The number of nitrogens with zero attached hydrogens (tertiary/aromatic N) is 1. The lowest BCUT2D eigenvalue weighted by molar-refractivity contribution is 0.229. The minimum atomic E-state index is 0.559. The second kappa shape index (κ2) is 8.16. The number of halogens is 1. The fraction of sp³-hybridized carbons (Fsp3) is 0.647. The van der Waals surface area contributed by atoms with Crippen LogP contribution in [0.1, 0.15) is 44.6 Å². The van der Waals surface area contributed by atoms with E-state index in [9.17, 15) is 0 Å². The van der Waals surface area contributed by atoms with E-state index in [4.69, 9.17) is 0 Å². The number of benzene rings is 1. The van der Waals surface area contributed by atoms with Crippen LogP contribution in [0.25, 0.3) is 0 Å². The Balaban J connectivity index is 1.76. The van der Waals surface area contributed by atoms with Crippen molar-refractivity contribution in [1.82, 2.24) is 10.2 Å². The Hall–Kier alpha value is -0.380. The first-order valence-corrected chi connectivity index (χ1v) is 8.63. The van der Waals surface area contributed by atoms with Gasteiger partial charge in [0.15, 0.2) is 0 Å². The average molecular weight is 339 g/mol. The summed E-state index contributed by atoms with van der Waals surface area (Å²) < 4.78 is 1.21. The van der Waals surface area contributed by atoms with Gasteiger partial charge >= 0.3 is 0 Å². The number of nitrogens with one attached hydrogen (secondary N) is 1. The average Bonchev–Trinajstić information content (AvgIpc) is 2.48. The van der Waals surface area contributed by atoms with E-state index in [1.165, 1.54) is 42.1 Å². The zero-order chi connectivity index (χ0) is 14.4. The summed E-state index contributed by atoms with van der Waals surface area (Å²) in [7, 11) is 2.21. The molecule has 0 bridgehead atoms. The van der Waals surface area contributed by atoms with Gasteiger partial charge in [0, 0.05) is 29.6 Å². The summed E-state index contributed by atoms with van der Waals surface area (Å²) in [6, 6.07) is 9.81. The molecule has 3 heteroatoms. The van der Waals surface area contributed by atoms with Crippen molar-refractivity contribution in [1.29, 1.82) is 0 Å². The number of hydrogen-bond acceptors (Lipinski definition) is 2. The van der Waals surface area contributed by atoms with Crippen LogP contribution in [0.15, 0.2) is 28.7 Å². The van der Waals surface area contributed by atoms with E-state index in [2.05, 4.69) is 64.4 Å². The van der Waals surface area contributed by atoms with Gasteiger partial charge in [-0.1, -0.05) is 53.4 Å². The molecule has 0 saturated heterocycles. The van der Waals surface area contributed by atoms with Gasteiger partial charge in [0.25, 0.3) is 0 Å². The van der Waals surface area contributed by atoms with Crippen LogP contribution in [0.5, 0.6) is 0 Å². The van der Waals surface area contributed by atoms with Gasteiger partial charge in [-0.3, -0.25) is 4.90 Å². The number of likely N-dealkylation sites (N-methyl/N-ethyl adjacent to an activating group) is 1. The molecule has 20 heavy (non-hydrogen) atoms. The predicted octanol–water partition coefficient (Wildman–Crippen LogP) is 4.19. The molecule has 1 aromatic carbocycles. The van der Waals surface area contributed by atoms with Gasteiger partial charge in [-0.05, 0) is 38.4 Å². The van der Waals surface area contributed by atoms with E-state index in [0.29, 0.717) is 6.04 Å². The second-order valence-electron chi connectivity index (χ2n) is 6.10. The van der Waals surface area contributed by atoms with Crippen molar-refractivity contribution < 1.29 is 0 Å². The predicted molar refractivity (Wildman–Crippen MR) is 89.9 cm³/mol. The Labute approximate surface area is 132 Å². The van der Waals surface area contributed by atoms with E-state index in [0.717, 1.165) is 19.1 Å². The van der Waals surface area contributed by atoms with Crippen LogP contribution in [-0.2, 0) is 6.54 Å². The van der Waals surface area contributed by atoms with Crippen LogP contribution >= 0.6 is 15.9 Å². The largest absolute Gasteiger partial charge is 0.312 e. The van der Waals surface area contributed by atoms with Crippen LogP contribution in [0, 0.1) is 0 Å². The van der Waals surface area contributed by atoms with E-state index in [-0.39, 0.29) is 0 Å². The first-order valence-electron chi connectivity index (χ1n) is 7.84. The summed E-state index contributed by atoms with van der Waals surface area (Å²) in [6.45, 7) is 4.40. The Morgan fingerprint density at radius 3 is 2.65 bits per heavy atom. The molecule has 1 aliphatic carbocycles. The maximum atomic E-state index is 3.75. The molecule has 1 aliphatic rings. The molecule has 0 heterocycles. The topological polar surface area (TPSA) is 15.3 Å². The summed E-state index contributed by atoms with van der Waals surface area (Å²) in [5.41, 5.74) is 1.36. The van der Waals surface area contributed by atoms with Crippen LogP contribution in [0.3, 0.4) is 0 Å². The van der Waals surface area contributed by atoms with Gasteiger partial charge in [-0.15, -0.1) is 0 Å². The molecule has 0 spiro atoms. The lowest BCUT2D eigenvalue weighted by Crippen LogP contribution is -2.42. The SMILES string of the molecule is CC(CNC1CCCCC1)N(C)Cc1ccccc1Br. The molecule has 1 saturated carbocycles. The number of rotatable bonds is 6. The van der Waals surface area contributed by atoms with Crippen LogP contribution in [0.4, 0.5) is 0 Å². The molecule has 1 N–H and O–H groups in total. The Bertz CT molecular complexity index is 402. The summed E-state index contributed by atoms with van der Waals surface area (Å²) in [5.74, 6) is 0. The highest BCUT2D eigenvalue weighted by molar-refractivity contribution is 9.10. The third-order valence-electron chi connectivity index (χ3n) is 4.44. The highest BCUT2D eigenvalue weighted by Gasteiger charge is 2.16. The zero-order valence-electron chi connectivity index (χ0n) is 12.7. The molecule has 0 radical (unpaired) electrons. The standard InChI is InChI=1S/C17H27BrN2/c1-14(12-19-16-9-4-3-5-10-16)20(2)13-15-8-6-7-11-17(15)18/h6-8,11,14,16,19H,3-5,9-10,12-13H2,1-2H3. The fourth-order valence-electron chi connectivity index (χ4n) is 2.85. The van der Waals surface area contributed by atoms with Gasteiger partial charge in [-0.2, -0.15) is 0 Å². The molecule has 1 aromatic rings. The second-order valence-corrected chi connectivity index (χ2v) is 6.95. The maximum Gasteiger partial charge on any atom is 0.0245 e. The maximum absolute atomic E-state index is 3.75. The minimum absolute atomic E-state index is 0.559. The van der Waals surface area contributed by atoms with Crippen molar-refractivity contribution in [2.45, 2.75) is 57.7 Å². The van der Waals surface area contributed by atoms with Crippen molar-refractivity contribution in [3.63, 3.8) is 0 Å². The van der Waals surface area contributed by atoms with E-state index in [1.807, 2.05) is 0 Å². The first-order chi connectivity index (χ1) is 9.66. The molecule has 0 aliphatic heterocycles. The summed E-state index contributed by atoms with van der Waals surface area (Å²) >= 11 is 3.63.